The summed E-state index contributed by atoms with van der Waals surface area (Å²) in [5.41, 5.74) is 4.17. The molecule has 4 nitrogen and oxygen atoms in total. The minimum absolute atomic E-state index is 0.0280. The van der Waals surface area contributed by atoms with E-state index in [1.807, 2.05) is 0 Å². The second-order valence-electron chi connectivity index (χ2n) is 6.17. The molecule has 1 fully saturated rings. The molecule has 2 aromatic rings. The Bertz CT molecular complexity index is 807. The van der Waals surface area contributed by atoms with E-state index in [4.69, 9.17) is 22.1 Å². The van der Waals surface area contributed by atoms with Crippen molar-refractivity contribution in [3.63, 3.8) is 0 Å². The first-order valence-electron chi connectivity index (χ1n) is 8.01. The third-order valence-corrected chi connectivity index (χ3v) is 4.63. The van der Waals surface area contributed by atoms with Crippen LogP contribution in [0.3, 0.4) is 0 Å². The first kappa shape index (κ1) is 18.8. The summed E-state index contributed by atoms with van der Waals surface area (Å²) in [6.45, 7) is 1.03. The number of hydrogen-bond acceptors (Lipinski definition) is 4. The van der Waals surface area contributed by atoms with Gasteiger partial charge < -0.3 is 10.5 Å². The highest BCUT2D eigenvalue weighted by Gasteiger charge is 2.38. The van der Waals surface area contributed by atoms with Crippen LogP contribution in [0.2, 0.25) is 5.02 Å². The van der Waals surface area contributed by atoms with Crippen molar-refractivity contribution in [2.24, 2.45) is 5.92 Å². The molecule has 9 heteroatoms. The number of rotatable bonds is 3. The summed E-state index contributed by atoms with van der Waals surface area (Å²) in [5.74, 6) is -0.986. The van der Waals surface area contributed by atoms with Crippen molar-refractivity contribution in [1.82, 2.24) is 9.97 Å². The normalized spacial score (nSPS) is 16.0. The SMILES string of the molecule is Nc1cc(CC2CCOCC2)c(C(F)(F)F)c(-c2cc(F)ncc2Cl)n1. The van der Waals surface area contributed by atoms with Crippen molar-refractivity contribution in [3.05, 3.63) is 40.4 Å². The van der Waals surface area contributed by atoms with Crippen molar-refractivity contribution in [1.29, 1.82) is 0 Å². The highest BCUT2D eigenvalue weighted by atomic mass is 35.5. The van der Waals surface area contributed by atoms with Gasteiger partial charge >= 0.3 is 6.18 Å². The van der Waals surface area contributed by atoms with Crippen molar-refractivity contribution < 1.29 is 22.3 Å². The van der Waals surface area contributed by atoms with Crippen LogP contribution in [0.15, 0.2) is 18.3 Å². The molecule has 26 heavy (non-hydrogen) atoms. The van der Waals surface area contributed by atoms with Gasteiger partial charge in [-0.2, -0.15) is 17.6 Å². The Balaban J connectivity index is 2.15. The predicted octanol–water partition coefficient (Wildman–Crippen LogP) is 4.51. The average Bonchev–Trinajstić information content (AvgIpc) is 2.56. The lowest BCUT2D eigenvalue weighted by Crippen LogP contribution is -2.21. The average molecular weight is 390 g/mol. The number of halogens is 5. The van der Waals surface area contributed by atoms with E-state index in [9.17, 15) is 17.6 Å². The van der Waals surface area contributed by atoms with Gasteiger partial charge in [0.2, 0.25) is 5.95 Å². The van der Waals surface area contributed by atoms with Crippen LogP contribution in [0.25, 0.3) is 11.3 Å². The van der Waals surface area contributed by atoms with Gasteiger partial charge in [0.15, 0.2) is 0 Å². The zero-order chi connectivity index (χ0) is 18.9. The fourth-order valence-electron chi connectivity index (χ4n) is 3.15. The van der Waals surface area contributed by atoms with Gasteiger partial charge in [0.25, 0.3) is 0 Å². The van der Waals surface area contributed by atoms with Crippen LogP contribution in [0.1, 0.15) is 24.0 Å². The number of pyridine rings is 2. The highest BCUT2D eigenvalue weighted by Crippen LogP contribution is 2.42. The van der Waals surface area contributed by atoms with Gasteiger partial charge in [-0.15, -0.1) is 0 Å². The van der Waals surface area contributed by atoms with Crippen molar-refractivity contribution in [2.75, 3.05) is 18.9 Å². The van der Waals surface area contributed by atoms with Crippen LogP contribution >= 0.6 is 11.6 Å². The number of nitrogen functional groups attached to an aromatic ring is 1. The Kier molecular flexibility index (Phi) is 5.34. The molecule has 2 aromatic heterocycles. The molecule has 1 aliphatic rings. The maximum atomic E-state index is 13.9. The number of hydrogen-bond donors (Lipinski definition) is 1. The summed E-state index contributed by atoms with van der Waals surface area (Å²) in [6.07, 6.45) is -2.23. The molecule has 0 saturated carbocycles. The van der Waals surface area contributed by atoms with Crippen LogP contribution in [0.4, 0.5) is 23.4 Å². The summed E-state index contributed by atoms with van der Waals surface area (Å²) in [7, 11) is 0. The predicted molar refractivity (Wildman–Crippen MR) is 89.1 cm³/mol. The Morgan fingerprint density at radius 2 is 1.92 bits per heavy atom. The fraction of sp³-hybridized carbons (Fsp3) is 0.412. The van der Waals surface area contributed by atoms with Gasteiger partial charge in [0.05, 0.1) is 16.3 Å². The summed E-state index contributed by atoms with van der Waals surface area (Å²) < 4.78 is 60.3. The summed E-state index contributed by atoms with van der Waals surface area (Å²) in [6, 6.07) is 2.06. The molecule has 0 aliphatic carbocycles. The van der Waals surface area contributed by atoms with Crippen LogP contribution < -0.4 is 5.73 Å². The van der Waals surface area contributed by atoms with E-state index in [0.29, 0.717) is 26.1 Å². The largest absolute Gasteiger partial charge is 0.418 e. The lowest BCUT2D eigenvalue weighted by atomic mass is 9.89. The van der Waals surface area contributed by atoms with Crippen LogP contribution in [-0.4, -0.2) is 23.2 Å². The molecule has 1 aliphatic heterocycles. The van der Waals surface area contributed by atoms with E-state index in [0.717, 1.165) is 12.3 Å². The van der Waals surface area contributed by atoms with Gasteiger partial charge in [0, 0.05) is 31.0 Å². The molecule has 0 aromatic carbocycles. The molecule has 0 atom stereocenters. The fourth-order valence-corrected chi connectivity index (χ4v) is 3.34. The molecule has 0 amide bonds. The third kappa shape index (κ3) is 4.07. The number of aromatic nitrogens is 2. The van der Waals surface area contributed by atoms with Gasteiger partial charge in [-0.25, -0.2) is 9.97 Å². The van der Waals surface area contributed by atoms with E-state index in [2.05, 4.69) is 9.97 Å². The molecule has 3 rings (SSSR count). The van der Waals surface area contributed by atoms with E-state index in [1.54, 1.807) is 0 Å². The highest BCUT2D eigenvalue weighted by molar-refractivity contribution is 6.33. The molecule has 2 N–H and O–H groups in total. The molecule has 140 valence electrons. The van der Waals surface area contributed by atoms with Crippen LogP contribution in [-0.2, 0) is 17.3 Å². The van der Waals surface area contributed by atoms with Crippen LogP contribution in [0.5, 0.6) is 0 Å². The zero-order valence-corrected chi connectivity index (χ0v) is 14.4. The molecular weight excluding hydrogens is 374 g/mol. The number of anilines is 1. The number of nitrogens with zero attached hydrogens (tertiary/aromatic N) is 2. The topological polar surface area (TPSA) is 61.0 Å². The first-order valence-corrected chi connectivity index (χ1v) is 8.39. The molecule has 0 bridgehead atoms. The van der Waals surface area contributed by atoms with E-state index in [-0.39, 0.29) is 34.3 Å². The maximum Gasteiger partial charge on any atom is 0.418 e. The second-order valence-corrected chi connectivity index (χ2v) is 6.58. The van der Waals surface area contributed by atoms with Gasteiger partial charge in [-0.3, -0.25) is 0 Å². The minimum atomic E-state index is -4.69. The minimum Gasteiger partial charge on any atom is -0.384 e. The third-order valence-electron chi connectivity index (χ3n) is 4.33. The molecule has 0 spiro atoms. The lowest BCUT2D eigenvalue weighted by molar-refractivity contribution is -0.138. The van der Waals surface area contributed by atoms with E-state index >= 15 is 0 Å². The van der Waals surface area contributed by atoms with Crippen molar-refractivity contribution in [3.8, 4) is 11.3 Å². The second kappa shape index (κ2) is 7.36. The van der Waals surface area contributed by atoms with Gasteiger partial charge in [-0.1, -0.05) is 11.6 Å². The Hall–Kier alpha value is -1.93. The van der Waals surface area contributed by atoms with Gasteiger partial charge in [0.1, 0.15) is 5.82 Å². The molecule has 0 radical (unpaired) electrons. The Labute approximate surface area is 152 Å². The van der Waals surface area contributed by atoms with Gasteiger partial charge in [-0.05, 0) is 36.8 Å². The Morgan fingerprint density at radius 1 is 1.23 bits per heavy atom. The van der Waals surface area contributed by atoms with E-state index in [1.165, 1.54) is 6.07 Å². The summed E-state index contributed by atoms with van der Waals surface area (Å²) in [5, 5.41) is -0.132. The number of nitrogens with two attached hydrogens (primary N) is 1. The lowest BCUT2D eigenvalue weighted by Gasteiger charge is -2.25. The molecule has 3 heterocycles. The smallest absolute Gasteiger partial charge is 0.384 e. The van der Waals surface area contributed by atoms with Crippen LogP contribution in [0, 0.1) is 11.9 Å². The number of ether oxygens (including phenoxy) is 1. The number of alkyl halides is 3. The maximum absolute atomic E-state index is 13.9. The molecule has 0 unspecified atom stereocenters. The Morgan fingerprint density at radius 3 is 2.58 bits per heavy atom. The molecule has 1 saturated heterocycles. The molecular formula is C17H16ClF4N3O. The van der Waals surface area contributed by atoms with Crippen molar-refractivity contribution in [2.45, 2.75) is 25.4 Å². The standard InChI is InChI=1S/C17H16ClF4N3O/c18-12-8-24-13(19)7-11(12)16-15(17(20,21)22)10(6-14(23)25-16)5-9-1-3-26-4-2-9/h6-9H,1-5H2,(H2,23,25). The first-order chi connectivity index (χ1) is 12.3. The monoisotopic (exact) mass is 389 g/mol. The quantitative estimate of drug-likeness (QED) is 0.620. The summed E-state index contributed by atoms with van der Waals surface area (Å²) >= 11 is 5.96. The van der Waals surface area contributed by atoms with Crippen molar-refractivity contribution >= 4 is 17.4 Å². The van der Waals surface area contributed by atoms with E-state index < -0.39 is 23.4 Å². The summed E-state index contributed by atoms with van der Waals surface area (Å²) in [4.78, 5) is 7.16. The zero-order valence-electron chi connectivity index (χ0n) is 13.6.